The number of rotatable bonds is 10. The minimum Gasteiger partial charge on any atom is -0.496 e. The van der Waals surface area contributed by atoms with Crippen molar-refractivity contribution in [3.05, 3.63) is 63.1 Å². The molecule has 0 aliphatic carbocycles. The van der Waals surface area contributed by atoms with Crippen LogP contribution in [0.4, 0.5) is 0 Å². The van der Waals surface area contributed by atoms with E-state index in [1.54, 1.807) is 19.3 Å². The summed E-state index contributed by atoms with van der Waals surface area (Å²) in [4.78, 5) is 12.1. The minimum absolute atomic E-state index is 0.118. The summed E-state index contributed by atoms with van der Waals surface area (Å²) in [5.41, 5.74) is 9.82. The van der Waals surface area contributed by atoms with Gasteiger partial charge in [-0.3, -0.25) is 4.79 Å². The first-order chi connectivity index (χ1) is 13.9. The molecule has 5 nitrogen and oxygen atoms in total. The summed E-state index contributed by atoms with van der Waals surface area (Å²) in [5, 5.41) is 2.93. The average Bonchev–Trinajstić information content (AvgIpc) is 2.68. The van der Waals surface area contributed by atoms with Crippen LogP contribution in [-0.2, 0) is 11.2 Å². The van der Waals surface area contributed by atoms with Crippen molar-refractivity contribution in [2.24, 2.45) is 5.73 Å². The molecular weight excluding hydrogens is 432 g/mol. The van der Waals surface area contributed by atoms with E-state index in [9.17, 15) is 4.79 Å². The van der Waals surface area contributed by atoms with Crippen LogP contribution in [0.2, 0.25) is 0 Å². The van der Waals surface area contributed by atoms with Crippen LogP contribution in [-0.4, -0.2) is 32.7 Å². The monoisotopic (exact) mass is 460 g/mol. The van der Waals surface area contributed by atoms with Gasteiger partial charge < -0.3 is 20.5 Å². The number of carbonyl (C=O) groups is 1. The third-order valence-electron chi connectivity index (χ3n) is 4.43. The van der Waals surface area contributed by atoms with E-state index in [2.05, 4.69) is 33.4 Å². The van der Waals surface area contributed by atoms with Crippen molar-refractivity contribution in [3.8, 4) is 11.5 Å². The Kier molecular flexibility index (Phi) is 9.22. The van der Waals surface area contributed by atoms with Crippen molar-refractivity contribution in [1.29, 1.82) is 0 Å². The van der Waals surface area contributed by atoms with Gasteiger partial charge in [0, 0.05) is 12.6 Å². The van der Waals surface area contributed by atoms with Gasteiger partial charge in [-0.25, -0.2) is 0 Å². The van der Waals surface area contributed by atoms with Gasteiger partial charge in [0.25, 0.3) is 0 Å². The third kappa shape index (κ3) is 7.22. The van der Waals surface area contributed by atoms with Crippen molar-refractivity contribution in [2.75, 3.05) is 26.8 Å². The number of carbonyl (C=O) groups excluding carboxylic acids is 1. The van der Waals surface area contributed by atoms with Gasteiger partial charge in [-0.15, -0.1) is 0 Å². The zero-order valence-electron chi connectivity index (χ0n) is 17.3. The fraction of sp³-hybridized carbons (Fsp3) is 0.348. The topological polar surface area (TPSA) is 73.6 Å². The Bertz CT molecular complexity index is 842. The Hall–Kier alpha value is -2.31. The van der Waals surface area contributed by atoms with Crippen LogP contribution < -0.4 is 20.5 Å². The normalized spacial score (nSPS) is 10.9. The second-order valence-corrected chi connectivity index (χ2v) is 7.67. The maximum Gasteiger partial charge on any atom is 0.244 e. The lowest BCUT2D eigenvalue weighted by molar-refractivity contribution is -0.116. The molecule has 0 unspecified atom stereocenters. The largest absolute Gasteiger partial charge is 0.496 e. The summed E-state index contributed by atoms with van der Waals surface area (Å²) in [6.07, 6.45) is 4.92. The first-order valence-electron chi connectivity index (χ1n) is 9.67. The molecule has 2 rings (SSSR count). The Balaban J connectivity index is 1.86. The molecule has 3 N–H and O–H groups in total. The molecule has 0 aromatic heterocycles. The maximum atomic E-state index is 12.1. The highest BCUT2D eigenvalue weighted by Crippen LogP contribution is 2.26. The molecule has 0 aliphatic rings. The second-order valence-electron chi connectivity index (χ2n) is 6.82. The number of ether oxygens (including phenoxy) is 2. The zero-order valence-corrected chi connectivity index (χ0v) is 18.8. The molecule has 0 heterocycles. The van der Waals surface area contributed by atoms with Crippen LogP contribution in [0.25, 0.3) is 6.08 Å². The number of amides is 1. The van der Waals surface area contributed by atoms with Crippen molar-refractivity contribution >= 4 is 27.9 Å². The number of hydrogen-bond acceptors (Lipinski definition) is 4. The number of methoxy groups -OCH3 is 1. The van der Waals surface area contributed by atoms with Gasteiger partial charge >= 0.3 is 0 Å². The van der Waals surface area contributed by atoms with Crippen LogP contribution >= 0.6 is 15.9 Å². The Morgan fingerprint density at radius 2 is 1.93 bits per heavy atom. The summed E-state index contributed by atoms with van der Waals surface area (Å²) in [6.45, 7) is 5.91. The molecule has 0 spiro atoms. The van der Waals surface area contributed by atoms with Gasteiger partial charge in [0.15, 0.2) is 0 Å². The fourth-order valence-electron chi connectivity index (χ4n) is 3.02. The number of nitrogens with one attached hydrogen (secondary N) is 1. The first-order valence-corrected chi connectivity index (χ1v) is 10.5. The van der Waals surface area contributed by atoms with Crippen LogP contribution in [0.3, 0.4) is 0 Å². The average molecular weight is 461 g/mol. The summed E-state index contributed by atoms with van der Waals surface area (Å²) in [6, 6.07) is 9.89. The van der Waals surface area contributed by atoms with E-state index in [1.165, 1.54) is 5.56 Å². The molecule has 2 aromatic carbocycles. The lowest BCUT2D eigenvalue weighted by atomic mass is 10.0. The molecule has 0 saturated carbocycles. The summed E-state index contributed by atoms with van der Waals surface area (Å²) >= 11 is 3.44. The number of aryl methyl sites for hydroxylation is 2. The van der Waals surface area contributed by atoms with Crippen LogP contribution in [0.5, 0.6) is 11.5 Å². The summed E-state index contributed by atoms with van der Waals surface area (Å²) in [5.74, 6) is 1.57. The Morgan fingerprint density at radius 1 is 1.21 bits per heavy atom. The summed E-state index contributed by atoms with van der Waals surface area (Å²) < 4.78 is 11.9. The standard InChI is InChI=1S/C23H29BrN2O3/c1-16-13-19(14-17(2)23(16)29-12-4-10-25)9-11-26-22(27)8-6-18-5-7-21(28-3)20(24)15-18/h5-8,13-15H,4,9-12,25H2,1-3H3,(H,26,27). The van der Waals surface area contributed by atoms with E-state index >= 15 is 0 Å². The highest BCUT2D eigenvalue weighted by atomic mass is 79.9. The lowest BCUT2D eigenvalue weighted by Gasteiger charge is -2.14. The lowest BCUT2D eigenvalue weighted by Crippen LogP contribution is -2.23. The van der Waals surface area contributed by atoms with Crippen LogP contribution in [0.15, 0.2) is 40.9 Å². The minimum atomic E-state index is -0.118. The molecular formula is C23H29BrN2O3. The molecule has 156 valence electrons. The van der Waals surface area contributed by atoms with Gasteiger partial charge in [-0.1, -0.05) is 18.2 Å². The molecule has 0 aliphatic heterocycles. The van der Waals surface area contributed by atoms with Crippen LogP contribution in [0.1, 0.15) is 28.7 Å². The number of halogens is 1. The quantitative estimate of drug-likeness (QED) is 0.412. The predicted octanol–water partition coefficient (Wildman–Crippen LogP) is 4.17. The predicted molar refractivity (Wildman–Crippen MR) is 122 cm³/mol. The van der Waals surface area contributed by atoms with E-state index in [0.717, 1.165) is 45.5 Å². The van der Waals surface area contributed by atoms with Crippen LogP contribution in [0, 0.1) is 13.8 Å². The molecule has 6 heteroatoms. The molecule has 0 atom stereocenters. The van der Waals surface area contributed by atoms with Gasteiger partial charge in [-0.05, 0) is 89.6 Å². The van der Waals surface area contributed by atoms with Crippen molar-refractivity contribution in [3.63, 3.8) is 0 Å². The summed E-state index contributed by atoms with van der Waals surface area (Å²) in [7, 11) is 1.62. The van der Waals surface area contributed by atoms with Gasteiger partial charge in [0.05, 0.1) is 18.2 Å². The molecule has 1 amide bonds. The molecule has 0 radical (unpaired) electrons. The Labute approximate surface area is 181 Å². The smallest absolute Gasteiger partial charge is 0.244 e. The number of benzene rings is 2. The molecule has 2 aromatic rings. The number of nitrogens with two attached hydrogens (primary N) is 1. The molecule has 29 heavy (non-hydrogen) atoms. The Morgan fingerprint density at radius 3 is 2.55 bits per heavy atom. The van der Waals surface area contributed by atoms with E-state index in [-0.39, 0.29) is 5.91 Å². The van der Waals surface area contributed by atoms with Crippen molar-refractivity contribution in [1.82, 2.24) is 5.32 Å². The van der Waals surface area contributed by atoms with Crippen molar-refractivity contribution in [2.45, 2.75) is 26.7 Å². The maximum absolute atomic E-state index is 12.1. The fourth-order valence-corrected chi connectivity index (χ4v) is 3.58. The first kappa shape index (κ1) is 23.0. The molecule has 0 bridgehead atoms. The molecule has 0 saturated heterocycles. The van der Waals surface area contributed by atoms with Gasteiger partial charge in [-0.2, -0.15) is 0 Å². The third-order valence-corrected chi connectivity index (χ3v) is 5.05. The molecule has 0 fully saturated rings. The van der Waals surface area contributed by atoms with E-state index < -0.39 is 0 Å². The highest BCUT2D eigenvalue weighted by Gasteiger charge is 2.07. The second kappa shape index (κ2) is 11.6. The van der Waals surface area contributed by atoms with E-state index in [1.807, 2.05) is 32.0 Å². The number of hydrogen-bond donors (Lipinski definition) is 2. The SMILES string of the molecule is COc1ccc(C=CC(=O)NCCc2cc(C)c(OCCCN)c(C)c2)cc1Br. The van der Waals surface area contributed by atoms with Gasteiger partial charge in [0.1, 0.15) is 11.5 Å². The van der Waals surface area contributed by atoms with E-state index in [4.69, 9.17) is 15.2 Å². The van der Waals surface area contributed by atoms with E-state index in [0.29, 0.717) is 19.7 Å². The highest BCUT2D eigenvalue weighted by molar-refractivity contribution is 9.10. The van der Waals surface area contributed by atoms with Gasteiger partial charge in [0.2, 0.25) is 5.91 Å². The van der Waals surface area contributed by atoms with Crippen molar-refractivity contribution < 1.29 is 14.3 Å². The zero-order chi connectivity index (χ0) is 21.2.